The second-order valence-electron chi connectivity index (χ2n) is 2.95. The van der Waals surface area contributed by atoms with Crippen molar-refractivity contribution >= 4 is 46.4 Å². The van der Waals surface area contributed by atoms with E-state index in [-0.39, 0.29) is 22.2 Å². The average Bonchev–Trinajstić information content (AvgIpc) is 2.22. The van der Waals surface area contributed by atoms with E-state index in [1.807, 2.05) is 0 Å². The second-order valence-corrected chi connectivity index (χ2v) is 4.06. The van der Waals surface area contributed by atoms with Crippen LogP contribution < -0.4 is 5.32 Å². The van der Waals surface area contributed by atoms with E-state index in [1.54, 1.807) is 0 Å². The SMILES string of the molecule is Fc1ccc(Cl)cc1Nc1nc(Cl)nc(Cl)n1. The molecule has 88 valence electrons. The van der Waals surface area contributed by atoms with E-state index in [0.717, 1.165) is 0 Å². The number of nitrogens with one attached hydrogen (secondary N) is 1. The third-order valence-corrected chi connectivity index (χ3v) is 2.33. The van der Waals surface area contributed by atoms with E-state index in [9.17, 15) is 4.39 Å². The van der Waals surface area contributed by atoms with Crippen molar-refractivity contribution in [1.29, 1.82) is 0 Å². The first-order chi connectivity index (χ1) is 8.04. The fourth-order valence-corrected chi connectivity index (χ4v) is 1.63. The first-order valence-corrected chi connectivity index (χ1v) is 5.47. The molecular weight excluding hydrogens is 289 g/mol. The molecule has 0 unspecified atom stereocenters. The molecular formula is C9H4Cl3FN4. The lowest BCUT2D eigenvalue weighted by Crippen LogP contribution is -2.01. The lowest BCUT2D eigenvalue weighted by atomic mass is 10.3. The van der Waals surface area contributed by atoms with Crippen molar-refractivity contribution in [3.8, 4) is 0 Å². The summed E-state index contributed by atoms with van der Waals surface area (Å²) in [7, 11) is 0. The molecule has 0 aliphatic heterocycles. The summed E-state index contributed by atoms with van der Waals surface area (Å²) in [5.41, 5.74) is 0.121. The fraction of sp³-hybridized carbons (Fsp3) is 0. The van der Waals surface area contributed by atoms with Gasteiger partial charge in [-0.15, -0.1) is 0 Å². The van der Waals surface area contributed by atoms with Crippen LogP contribution in [-0.2, 0) is 0 Å². The number of hydrogen-bond donors (Lipinski definition) is 1. The zero-order valence-electron chi connectivity index (χ0n) is 8.09. The number of halogens is 4. The summed E-state index contributed by atoms with van der Waals surface area (Å²) < 4.78 is 13.4. The molecule has 0 aliphatic carbocycles. The van der Waals surface area contributed by atoms with Crippen molar-refractivity contribution in [2.75, 3.05) is 5.32 Å². The second kappa shape index (κ2) is 5.00. The monoisotopic (exact) mass is 292 g/mol. The quantitative estimate of drug-likeness (QED) is 0.917. The van der Waals surface area contributed by atoms with Crippen molar-refractivity contribution < 1.29 is 4.39 Å². The van der Waals surface area contributed by atoms with Crippen molar-refractivity contribution in [2.45, 2.75) is 0 Å². The third kappa shape index (κ3) is 3.15. The molecule has 0 saturated carbocycles. The molecule has 0 bridgehead atoms. The molecule has 8 heteroatoms. The normalized spacial score (nSPS) is 10.4. The van der Waals surface area contributed by atoms with E-state index in [2.05, 4.69) is 20.3 Å². The van der Waals surface area contributed by atoms with Gasteiger partial charge < -0.3 is 5.32 Å². The van der Waals surface area contributed by atoms with Crippen molar-refractivity contribution in [3.63, 3.8) is 0 Å². The molecule has 4 nitrogen and oxygen atoms in total. The highest BCUT2D eigenvalue weighted by molar-refractivity contribution is 6.31. The summed E-state index contributed by atoms with van der Waals surface area (Å²) in [5, 5.41) is 2.80. The topological polar surface area (TPSA) is 50.7 Å². The van der Waals surface area contributed by atoms with Crippen LogP contribution in [0.25, 0.3) is 0 Å². The average molecular weight is 294 g/mol. The Labute approximate surface area is 111 Å². The highest BCUT2D eigenvalue weighted by atomic mass is 35.5. The minimum Gasteiger partial charge on any atom is -0.321 e. The Bertz CT molecular complexity index is 544. The van der Waals surface area contributed by atoms with Gasteiger partial charge in [0.25, 0.3) is 0 Å². The Morgan fingerprint density at radius 2 is 1.65 bits per heavy atom. The van der Waals surface area contributed by atoms with Gasteiger partial charge in [-0.3, -0.25) is 0 Å². The van der Waals surface area contributed by atoms with Gasteiger partial charge in [0.15, 0.2) is 0 Å². The predicted molar refractivity (Wildman–Crippen MR) is 64.5 cm³/mol. The van der Waals surface area contributed by atoms with Crippen LogP contribution in [0.2, 0.25) is 15.6 Å². The van der Waals surface area contributed by atoms with E-state index >= 15 is 0 Å². The van der Waals surface area contributed by atoms with Crippen LogP contribution in [0.3, 0.4) is 0 Å². The number of rotatable bonds is 2. The maximum absolute atomic E-state index is 13.4. The van der Waals surface area contributed by atoms with E-state index in [1.165, 1.54) is 18.2 Å². The van der Waals surface area contributed by atoms with Crippen molar-refractivity contribution in [3.05, 3.63) is 39.6 Å². The predicted octanol–water partition coefficient (Wildman–Crippen LogP) is 3.71. The smallest absolute Gasteiger partial charge is 0.232 e. The molecule has 0 amide bonds. The summed E-state index contributed by atoms with van der Waals surface area (Å²) in [6, 6.07) is 4.03. The molecule has 0 saturated heterocycles. The molecule has 0 atom stereocenters. The van der Waals surface area contributed by atoms with Gasteiger partial charge in [0.1, 0.15) is 5.82 Å². The van der Waals surface area contributed by atoms with Crippen LogP contribution in [0.15, 0.2) is 18.2 Å². The molecule has 1 heterocycles. The van der Waals surface area contributed by atoms with Gasteiger partial charge in [-0.2, -0.15) is 15.0 Å². The van der Waals surface area contributed by atoms with E-state index < -0.39 is 5.82 Å². The van der Waals surface area contributed by atoms with Crippen molar-refractivity contribution in [2.24, 2.45) is 0 Å². The Kier molecular flexibility index (Phi) is 3.61. The number of aromatic nitrogens is 3. The van der Waals surface area contributed by atoms with Crippen molar-refractivity contribution in [1.82, 2.24) is 15.0 Å². The van der Waals surface area contributed by atoms with Gasteiger partial charge in [0.05, 0.1) is 5.69 Å². The van der Waals surface area contributed by atoms with E-state index in [0.29, 0.717) is 5.02 Å². The number of hydrogen-bond acceptors (Lipinski definition) is 4. The first-order valence-electron chi connectivity index (χ1n) is 4.34. The molecule has 2 aromatic rings. The number of anilines is 2. The standard InChI is InChI=1S/C9H4Cl3FN4/c10-4-1-2-5(13)6(3-4)14-9-16-7(11)15-8(12)17-9/h1-3H,(H,14,15,16,17). The fourth-order valence-electron chi connectivity index (χ4n) is 1.10. The largest absolute Gasteiger partial charge is 0.321 e. The first kappa shape index (κ1) is 12.3. The van der Waals surface area contributed by atoms with Crippen LogP contribution in [0.4, 0.5) is 16.0 Å². The highest BCUT2D eigenvalue weighted by Crippen LogP contribution is 2.22. The molecule has 1 N–H and O–H groups in total. The summed E-state index contributed by atoms with van der Waals surface area (Å²) in [6.07, 6.45) is 0. The molecule has 0 spiro atoms. The lowest BCUT2D eigenvalue weighted by Gasteiger charge is -2.06. The minimum atomic E-state index is -0.498. The molecule has 0 aliphatic rings. The van der Waals surface area contributed by atoms with Gasteiger partial charge in [-0.1, -0.05) is 11.6 Å². The number of benzene rings is 1. The summed E-state index contributed by atoms with van der Waals surface area (Å²) >= 11 is 16.9. The molecule has 1 aromatic heterocycles. The van der Waals surface area contributed by atoms with Crippen LogP contribution in [0.5, 0.6) is 0 Å². The molecule has 1 aromatic carbocycles. The Morgan fingerprint density at radius 1 is 1.00 bits per heavy atom. The maximum atomic E-state index is 13.4. The minimum absolute atomic E-state index is 0.0381. The zero-order valence-corrected chi connectivity index (χ0v) is 10.4. The summed E-state index contributed by atoms with van der Waals surface area (Å²) in [4.78, 5) is 11.0. The van der Waals surface area contributed by atoms with E-state index in [4.69, 9.17) is 34.8 Å². The summed E-state index contributed by atoms with van der Waals surface area (Å²) in [6.45, 7) is 0. The van der Waals surface area contributed by atoms with Gasteiger partial charge >= 0.3 is 0 Å². The Hall–Kier alpha value is -1.17. The molecule has 17 heavy (non-hydrogen) atoms. The van der Waals surface area contributed by atoms with Gasteiger partial charge in [0, 0.05) is 5.02 Å². The molecule has 0 fully saturated rings. The molecule has 2 rings (SSSR count). The van der Waals surface area contributed by atoms with Gasteiger partial charge in [0.2, 0.25) is 16.5 Å². The highest BCUT2D eigenvalue weighted by Gasteiger charge is 2.07. The summed E-state index contributed by atoms with van der Waals surface area (Å²) in [5.74, 6) is -0.460. The van der Waals surface area contributed by atoms with Gasteiger partial charge in [-0.25, -0.2) is 4.39 Å². The zero-order chi connectivity index (χ0) is 12.4. The van der Waals surface area contributed by atoms with Crippen LogP contribution in [0, 0.1) is 5.82 Å². The van der Waals surface area contributed by atoms with Crippen LogP contribution >= 0.6 is 34.8 Å². The van der Waals surface area contributed by atoms with Crippen LogP contribution in [-0.4, -0.2) is 15.0 Å². The molecule has 0 radical (unpaired) electrons. The number of nitrogens with zero attached hydrogens (tertiary/aromatic N) is 3. The Balaban J connectivity index is 2.34. The third-order valence-electron chi connectivity index (χ3n) is 1.76. The van der Waals surface area contributed by atoms with Crippen LogP contribution in [0.1, 0.15) is 0 Å². The maximum Gasteiger partial charge on any atom is 0.232 e. The van der Waals surface area contributed by atoms with Gasteiger partial charge in [-0.05, 0) is 41.4 Å². The lowest BCUT2D eigenvalue weighted by molar-refractivity contribution is 0.631. The Morgan fingerprint density at radius 3 is 2.29 bits per heavy atom.